The van der Waals surface area contributed by atoms with Crippen molar-refractivity contribution in [3.8, 4) is 5.75 Å². The molecule has 1 aliphatic heterocycles. The van der Waals surface area contributed by atoms with E-state index in [1.165, 1.54) is 0 Å². The van der Waals surface area contributed by atoms with Crippen LogP contribution in [0.1, 0.15) is 26.3 Å². The summed E-state index contributed by atoms with van der Waals surface area (Å²) >= 11 is 0. The minimum absolute atomic E-state index is 0.0647. The Balaban J connectivity index is 1.81. The van der Waals surface area contributed by atoms with E-state index in [2.05, 4.69) is 24.1 Å². The van der Waals surface area contributed by atoms with Crippen molar-refractivity contribution in [2.24, 2.45) is 5.92 Å². The van der Waals surface area contributed by atoms with Gasteiger partial charge in [-0.2, -0.15) is 0 Å². The Morgan fingerprint density at radius 1 is 1.15 bits per heavy atom. The van der Waals surface area contributed by atoms with Crippen LogP contribution in [-0.2, 0) is 16.0 Å². The molecule has 144 valence electrons. The summed E-state index contributed by atoms with van der Waals surface area (Å²) in [6, 6.07) is 7.45. The van der Waals surface area contributed by atoms with Crippen LogP contribution in [0.15, 0.2) is 24.3 Å². The zero-order chi connectivity index (χ0) is 19.1. The number of hydrogen-bond acceptors (Lipinski definition) is 4. The highest BCUT2D eigenvalue weighted by atomic mass is 16.5. The number of nitrogens with one attached hydrogen (secondary N) is 1. The third kappa shape index (κ3) is 5.73. The van der Waals surface area contributed by atoms with Gasteiger partial charge in [-0.25, -0.2) is 0 Å². The summed E-state index contributed by atoms with van der Waals surface area (Å²) in [7, 11) is 1.62. The van der Waals surface area contributed by atoms with E-state index in [1.54, 1.807) is 7.11 Å². The van der Waals surface area contributed by atoms with Gasteiger partial charge in [-0.1, -0.05) is 26.0 Å². The van der Waals surface area contributed by atoms with Crippen molar-refractivity contribution >= 4 is 11.8 Å². The molecule has 0 aliphatic carbocycles. The molecule has 0 radical (unpaired) electrons. The van der Waals surface area contributed by atoms with Gasteiger partial charge in [0.2, 0.25) is 11.8 Å². The molecule has 1 saturated heterocycles. The molecule has 1 heterocycles. The number of carbonyl (C=O) groups excluding carboxylic acids is 2. The van der Waals surface area contributed by atoms with E-state index in [0.29, 0.717) is 32.0 Å². The maximum atomic E-state index is 12.5. The molecule has 1 aromatic carbocycles. The van der Waals surface area contributed by atoms with Crippen molar-refractivity contribution < 1.29 is 14.3 Å². The van der Waals surface area contributed by atoms with Crippen LogP contribution in [0.25, 0.3) is 0 Å². The predicted molar refractivity (Wildman–Crippen MR) is 102 cm³/mol. The van der Waals surface area contributed by atoms with E-state index < -0.39 is 0 Å². The van der Waals surface area contributed by atoms with Crippen molar-refractivity contribution in [2.45, 2.75) is 33.2 Å². The quantitative estimate of drug-likeness (QED) is 0.800. The first kappa shape index (κ1) is 20.2. The number of benzene rings is 1. The molecular formula is C20H31N3O3. The second-order valence-electron chi connectivity index (χ2n) is 7.26. The number of carbonyl (C=O) groups is 2. The number of piperazine rings is 1. The number of rotatable bonds is 7. The van der Waals surface area contributed by atoms with Gasteiger partial charge in [-0.3, -0.25) is 14.5 Å². The minimum atomic E-state index is -0.163. The van der Waals surface area contributed by atoms with Crippen molar-refractivity contribution in [3.63, 3.8) is 0 Å². The van der Waals surface area contributed by atoms with Gasteiger partial charge in [-0.05, 0) is 30.5 Å². The third-order valence-electron chi connectivity index (χ3n) is 4.77. The molecule has 0 spiro atoms. The molecule has 2 amide bonds. The van der Waals surface area contributed by atoms with Crippen molar-refractivity contribution in [1.29, 1.82) is 0 Å². The summed E-state index contributed by atoms with van der Waals surface area (Å²) < 4.78 is 5.21. The smallest absolute Gasteiger partial charge is 0.237 e. The average molecular weight is 361 g/mol. The molecule has 0 bridgehead atoms. The van der Waals surface area contributed by atoms with Gasteiger partial charge in [0.1, 0.15) is 5.75 Å². The number of ether oxygens (including phenoxy) is 1. The Bertz CT molecular complexity index is 610. The lowest BCUT2D eigenvalue weighted by molar-refractivity contribution is -0.133. The first-order valence-electron chi connectivity index (χ1n) is 9.33. The lowest BCUT2D eigenvalue weighted by Gasteiger charge is -2.37. The molecule has 26 heavy (non-hydrogen) atoms. The molecule has 2 rings (SSSR count). The van der Waals surface area contributed by atoms with Gasteiger partial charge in [0.15, 0.2) is 0 Å². The van der Waals surface area contributed by atoms with Crippen molar-refractivity contribution in [2.75, 3.05) is 39.8 Å². The zero-order valence-electron chi connectivity index (χ0n) is 16.3. The summed E-state index contributed by atoms with van der Waals surface area (Å²) in [6.45, 7) is 9.55. The van der Waals surface area contributed by atoms with E-state index in [0.717, 1.165) is 24.4 Å². The molecular weight excluding hydrogens is 330 g/mol. The fourth-order valence-electron chi connectivity index (χ4n) is 3.05. The van der Waals surface area contributed by atoms with E-state index in [-0.39, 0.29) is 17.9 Å². The zero-order valence-corrected chi connectivity index (χ0v) is 16.3. The predicted octanol–water partition coefficient (Wildman–Crippen LogP) is 1.54. The Morgan fingerprint density at radius 3 is 2.46 bits per heavy atom. The molecule has 1 atom stereocenters. The van der Waals surface area contributed by atoms with Gasteiger partial charge in [0.05, 0.1) is 19.6 Å². The molecule has 1 fully saturated rings. The van der Waals surface area contributed by atoms with Gasteiger partial charge < -0.3 is 15.0 Å². The van der Waals surface area contributed by atoms with Crippen LogP contribution in [0.3, 0.4) is 0 Å². The molecule has 1 N–H and O–H groups in total. The van der Waals surface area contributed by atoms with Crippen LogP contribution in [0.4, 0.5) is 0 Å². The van der Waals surface area contributed by atoms with Gasteiger partial charge in [0, 0.05) is 32.7 Å². The number of methoxy groups -OCH3 is 1. The van der Waals surface area contributed by atoms with E-state index in [4.69, 9.17) is 4.74 Å². The summed E-state index contributed by atoms with van der Waals surface area (Å²) in [5.74, 6) is 1.39. The SMILES string of the molecule is COc1cccc(CC(=O)N2CCN(C(C)C(=O)NCC(C)C)CC2)c1. The van der Waals surface area contributed by atoms with Gasteiger partial charge in [0.25, 0.3) is 0 Å². The highest BCUT2D eigenvalue weighted by molar-refractivity contribution is 5.81. The molecule has 1 unspecified atom stereocenters. The molecule has 0 saturated carbocycles. The third-order valence-corrected chi connectivity index (χ3v) is 4.77. The summed E-state index contributed by atoms with van der Waals surface area (Å²) in [5, 5.41) is 2.98. The second kappa shape index (κ2) is 9.57. The first-order valence-corrected chi connectivity index (χ1v) is 9.33. The number of amides is 2. The minimum Gasteiger partial charge on any atom is -0.497 e. The van der Waals surface area contributed by atoms with Crippen LogP contribution in [0.2, 0.25) is 0 Å². The highest BCUT2D eigenvalue weighted by Crippen LogP contribution is 2.15. The Labute approximate surface area is 156 Å². The average Bonchev–Trinajstić information content (AvgIpc) is 2.65. The Kier molecular flexibility index (Phi) is 7.45. The van der Waals surface area contributed by atoms with Crippen LogP contribution in [0, 0.1) is 5.92 Å². The molecule has 1 aromatic rings. The van der Waals surface area contributed by atoms with Crippen LogP contribution < -0.4 is 10.1 Å². The fourth-order valence-corrected chi connectivity index (χ4v) is 3.05. The van der Waals surface area contributed by atoms with Crippen LogP contribution >= 0.6 is 0 Å². The normalized spacial score (nSPS) is 16.4. The number of hydrogen-bond donors (Lipinski definition) is 1. The second-order valence-corrected chi connectivity index (χ2v) is 7.26. The lowest BCUT2D eigenvalue weighted by atomic mass is 10.1. The fraction of sp³-hybridized carbons (Fsp3) is 0.600. The van der Waals surface area contributed by atoms with Crippen molar-refractivity contribution in [3.05, 3.63) is 29.8 Å². The lowest BCUT2D eigenvalue weighted by Crippen LogP contribution is -2.55. The summed E-state index contributed by atoms with van der Waals surface area (Å²) in [6.07, 6.45) is 0.377. The topological polar surface area (TPSA) is 61.9 Å². The van der Waals surface area contributed by atoms with Crippen LogP contribution in [0.5, 0.6) is 5.75 Å². The standard InChI is InChI=1S/C20H31N3O3/c1-15(2)14-21-20(25)16(3)22-8-10-23(11-9-22)19(24)13-17-6-5-7-18(12-17)26-4/h5-7,12,15-16H,8-11,13-14H2,1-4H3,(H,21,25). The summed E-state index contributed by atoms with van der Waals surface area (Å²) in [4.78, 5) is 28.8. The van der Waals surface area contributed by atoms with Gasteiger partial charge in [-0.15, -0.1) is 0 Å². The molecule has 1 aliphatic rings. The Morgan fingerprint density at radius 2 is 1.85 bits per heavy atom. The molecule has 6 nitrogen and oxygen atoms in total. The summed E-state index contributed by atoms with van der Waals surface area (Å²) in [5.41, 5.74) is 0.957. The Hall–Kier alpha value is -2.08. The maximum absolute atomic E-state index is 12.5. The largest absolute Gasteiger partial charge is 0.497 e. The van der Waals surface area contributed by atoms with E-state index >= 15 is 0 Å². The molecule has 6 heteroatoms. The van der Waals surface area contributed by atoms with Crippen LogP contribution in [-0.4, -0.2) is 67.5 Å². The maximum Gasteiger partial charge on any atom is 0.237 e. The highest BCUT2D eigenvalue weighted by Gasteiger charge is 2.27. The van der Waals surface area contributed by atoms with Crippen molar-refractivity contribution in [1.82, 2.24) is 15.1 Å². The number of nitrogens with zero attached hydrogens (tertiary/aromatic N) is 2. The monoisotopic (exact) mass is 361 g/mol. The van der Waals surface area contributed by atoms with E-state index in [1.807, 2.05) is 36.1 Å². The van der Waals surface area contributed by atoms with Gasteiger partial charge >= 0.3 is 0 Å². The first-order chi connectivity index (χ1) is 12.4. The van der Waals surface area contributed by atoms with E-state index in [9.17, 15) is 9.59 Å². The molecule has 0 aromatic heterocycles.